The van der Waals surface area contributed by atoms with Gasteiger partial charge in [0.25, 0.3) is 5.91 Å². The topological polar surface area (TPSA) is 119 Å². The Kier molecular flexibility index (Phi) is 6.11. The quantitative estimate of drug-likeness (QED) is 0.546. The van der Waals surface area contributed by atoms with Gasteiger partial charge in [0.2, 0.25) is 0 Å². The molecule has 2 N–H and O–H groups in total. The van der Waals surface area contributed by atoms with E-state index in [2.05, 4.69) is 5.32 Å². The zero-order valence-corrected chi connectivity index (χ0v) is 16.0. The van der Waals surface area contributed by atoms with E-state index in [1.54, 1.807) is 0 Å². The third-order valence-electron chi connectivity index (χ3n) is 5.25. The smallest absolute Gasteiger partial charge is 0.326 e. The number of carboxylic acids is 1. The van der Waals surface area contributed by atoms with E-state index in [-0.39, 0.29) is 29.3 Å². The van der Waals surface area contributed by atoms with Gasteiger partial charge in [-0.05, 0) is 54.9 Å². The molecule has 0 spiro atoms. The minimum Gasteiger partial charge on any atom is -0.490 e. The second-order valence-corrected chi connectivity index (χ2v) is 7.03. The fourth-order valence-electron chi connectivity index (χ4n) is 3.82. The van der Waals surface area contributed by atoms with Crippen molar-refractivity contribution in [2.75, 3.05) is 7.11 Å². The Hall–Kier alpha value is -3.42. The third kappa shape index (κ3) is 4.53. The largest absolute Gasteiger partial charge is 0.490 e. The van der Waals surface area contributed by atoms with Crippen molar-refractivity contribution in [2.45, 2.75) is 37.6 Å². The third-order valence-corrected chi connectivity index (χ3v) is 5.25. The van der Waals surface area contributed by atoms with Crippen LogP contribution in [0.2, 0.25) is 0 Å². The van der Waals surface area contributed by atoms with Crippen molar-refractivity contribution in [1.82, 2.24) is 5.32 Å². The molecule has 2 atom stereocenters. The molecule has 0 fully saturated rings. The molecule has 1 aliphatic carbocycles. The number of amides is 1. The zero-order valence-electron chi connectivity index (χ0n) is 16.0. The number of nitrogens with zero attached hydrogens (tertiary/aromatic N) is 1. The normalized spacial score (nSPS) is 16.4. The molecule has 3 rings (SSSR count). The van der Waals surface area contributed by atoms with Crippen LogP contribution in [0.5, 0.6) is 5.75 Å². The van der Waals surface area contributed by atoms with Crippen molar-refractivity contribution in [3.8, 4) is 5.75 Å². The van der Waals surface area contributed by atoms with Crippen LogP contribution in [0.4, 0.5) is 5.69 Å². The highest BCUT2D eigenvalue weighted by Gasteiger charge is 2.29. The van der Waals surface area contributed by atoms with Gasteiger partial charge in [-0.2, -0.15) is 0 Å². The second kappa shape index (κ2) is 8.72. The van der Waals surface area contributed by atoms with Gasteiger partial charge in [-0.1, -0.05) is 24.3 Å². The van der Waals surface area contributed by atoms with E-state index in [4.69, 9.17) is 4.74 Å². The first-order valence-electron chi connectivity index (χ1n) is 9.34. The van der Waals surface area contributed by atoms with Crippen LogP contribution in [-0.4, -0.2) is 35.1 Å². The highest BCUT2D eigenvalue weighted by Crippen LogP contribution is 2.35. The van der Waals surface area contributed by atoms with Crippen LogP contribution < -0.4 is 10.1 Å². The molecule has 2 unspecified atom stereocenters. The maximum atomic E-state index is 12.6. The SMILES string of the molecule is COc1ccc(C(=O)NC(CC2CCCc3ccccc32)C(=O)O)cc1[N+](=O)[O-]. The van der Waals surface area contributed by atoms with E-state index in [0.717, 1.165) is 30.9 Å². The minimum atomic E-state index is -1.13. The number of nitrogens with one attached hydrogen (secondary N) is 1. The summed E-state index contributed by atoms with van der Waals surface area (Å²) in [5, 5.41) is 23.3. The molecule has 29 heavy (non-hydrogen) atoms. The molecule has 2 aromatic rings. The number of ether oxygens (including phenoxy) is 1. The lowest BCUT2D eigenvalue weighted by Crippen LogP contribution is -2.42. The van der Waals surface area contributed by atoms with E-state index < -0.39 is 22.8 Å². The number of carbonyl (C=O) groups excluding carboxylic acids is 1. The summed E-state index contributed by atoms with van der Waals surface area (Å²) in [5.74, 6) is -1.75. The number of nitro groups is 1. The molecule has 0 saturated carbocycles. The summed E-state index contributed by atoms with van der Waals surface area (Å²) in [4.78, 5) is 34.9. The summed E-state index contributed by atoms with van der Waals surface area (Å²) >= 11 is 0. The van der Waals surface area contributed by atoms with Gasteiger partial charge < -0.3 is 15.2 Å². The van der Waals surface area contributed by atoms with Gasteiger partial charge in [0.05, 0.1) is 12.0 Å². The molecule has 0 aliphatic heterocycles. The Balaban J connectivity index is 1.78. The summed E-state index contributed by atoms with van der Waals surface area (Å²) in [6.07, 6.45) is 3.04. The molecule has 0 saturated heterocycles. The fourth-order valence-corrected chi connectivity index (χ4v) is 3.82. The highest BCUT2D eigenvalue weighted by molar-refractivity contribution is 5.97. The van der Waals surface area contributed by atoms with E-state index >= 15 is 0 Å². The standard InChI is InChI=1S/C21H22N2O6/c1-29-19-10-9-15(12-18(19)23(27)28)20(24)22-17(21(25)26)11-14-7-4-6-13-5-2-3-8-16(13)14/h2-3,5,8-10,12,14,17H,4,6-7,11H2,1H3,(H,22,24)(H,25,26). The van der Waals surface area contributed by atoms with Crippen LogP contribution in [-0.2, 0) is 11.2 Å². The molecule has 0 radical (unpaired) electrons. The molecular formula is C21H22N2O6. The molecule has 1 aliphatic rings. The number of aliphatic carboxylic acids is 1. The second-order valence-electron chi connectivity index (χ2n) is 7.03. The molecule has 2 aromatic carbocycles. The Labute approximate surface area is 167 Å². The number of carbonyl (C=O) groups is 2. The maximum absolute atomic E-state index is 12.6. The van der Waals surface area contributed by atoms with Crippen LogP contribution in [0.3, 0.4) is 0 Å². The number of nitro benzene ring substituents is 1. The van der Waals surface area contributed by atoms with Gasteiger partial charge in [0.15, 0.2) is 5.75 Å². The molecule has 0 heterocycles. The van der Waals surface area contributed by atoms with E-state index in [9.17, 15) is 24.8 Å². The Bertz CT molecular complexity index is 943. The predicted molar refractivity (Wildman–Crippen MR) is 105 cm³/mol. The first-order valence-corrected chi connectivity index (χ1v) is 9.34. The lowest BCUT2D eigenvalue weighted by molar-refractivity contribution is -0.385. The van der Waals surface area contributed by atoms with Gasteiger partial charge in [-0.25, -0.2) is 4.79 Å². The van der Waals surface area contributed by atoms with Crippen molar-refractivity contribution < 1.29 is 24.4 Å². The van der Waals surface area contributed by atoms with Crippen LogP contribution in [0.1, 0.15) is 46.7 Å². The monoisotopic (exact) mass is 398 g/mol. The minimum absolute atomic E-state index is 0.00722. The first kappa shape index (κ1) is 20.3. The maximum Gasteiger partial charge on any atom is 0.326 e. The number of benzene rings is 2. The number of rotatable bonds is 7. The van der Waals surface area contributed by atoms with Gasteiger partial charge in [0, 0.05) is 11.6 Å². The number of hydrogen-bond donors (Lipinski definition) is 2. The van der Waals surface area contributed by atoms with Crippen LogP contribution in [0.15, 0.2) is 42.5 Å². The summed E-state index contributed by atoms with van der Waals surface area (Å²) < 4.78 is 4.93. The summed E-state index contributed by atoms with van der Waals surface area (Å²) in [7, 11) is 1.30. The number of carboxylic acid groups (broad SMARTS) is 1. The van der Waals surface area contributed by atoms with Crippen LogP contribution >= 0.6 is 0 Å². The molecule has 0 bridgehead atoms. The van der Waals surface area contributed by atoms with Gasteiger partial charge in [0.1, 0.15) is 6.04 Å². The van der Waals surface area contributed by atoms with Crippen LogP contribution in [0.25, 0.3) is 0 Å². The summed E-state index contributed by atoms with van der Waals surface area (Å²) in [6.45, 7) is 0. The average molecular weight is 398 g/mol. The van der Waals surface area contributed by atoms with Gasteiger partial charge in [-0.3, -0.25) is 14.9 Å². The molecule has 0 aromatic heterocycles. The van der Waals surface area contributed by atoms with Crippen LogP contribution in [0, 0.1) is 10.1 Å². The predicted octanol–water partition coefficient (Wildman–Crippen LogP) is 3.30. The van der Waals surface area contributed by atoms with E-state index in [0.29, 0.717) is 0 Å². The Morgan fingerprint density at radius 1 is 1.31 bits per heavy atom. The molecule has 8 heteroatoms. The van der Waals surface area contributed by atoms with Crippen molar-refractivity contribution in [2.24, 2.45) is 0 Å². The first-order chi connectivity index (χ1) is 13.9. The molecule has 1 amide bonds. The Morgan fingerprint density at radius 2 is 2.07 bits per heavy atom. The molecular weight excluding hydrogens is 376 g/mol. The van der Waals surface area contributed by atoms with Crippen molar-refractivity contribution >= 4 is 17.6 Å². The van der Waals surface area contributed by atoms with Gasteiger partial charge >= 0.3 is 11.7 Å². The number of fused-ring (bicyclic) bond motifs is 1. The van der Waals surface area contributed by atoms with Crippen molar-refractivity contribution in [3.05, 3.63) is 69.3 Å². The van der Waals surface area contributed by atoms with E-state index in [1.165, 1.54) is 24.8 Å². The van der Waals surface area contributed by atoms with E-state index in [1.807, 2.05) is 24.3 Å². The van der Waals surface area contributed by atoms with Crippen molar-refractivity contribution in [1.29, 1.82) is 0 Å². The molecule has 8 nitrogen and oxygen atoms in total. The number of methoxy groups -OCH3 is 1. The Morgan fingerprint density at radius 3 is 2.76 bits per heavy atom. The van der Waals surface area contributed by atoms with Crippen molar-refractivity contribution in [3.63, 3.8) is 0 Å². The molecule has 152 valence electrons. The summed E-state index contributed by atoms with van der Waals surface area (Å²) in [6, 6.07) is 10.6. The van der Waals surface area contributed by atoms with Gasteiger partial charge in [-0.15, -0.1) is 0 Å². The number of hydrogen-bond acceptors (Lipinski definition) is 5. The summed E-state index contributed by atoms with van der Waals surface area (Å²) in [5.41, 5.74) is 1.99. The lowest BCUT2D eigenvalue weighted by atomic mass is 9.79. The highest BCUT2D eigenvalue weighted by atomic mass is 16.6. The lowest BCUT2D eigenvalue weighted by Gasteiger charge is -2.28. The average Bonchev–Trinajstić information content (AvgIpc) is 2.72. The fraction of sp³-hybridized carbons (Fsp3) is 0.333. The zero-order chi connectivity index (χ0) is 21.0. The number of aryl methyl sites for hydroxylation is 1.